The van der Waals surface area contributed by atoms with Crippen molar-refractivity contribution < 1.29 is 32.7 Å². The standard InChI is InChI=1S/C25H26ClF2NO5/c1-23(27,28)33-15-4-13(5-15)20-8-22(29-34-20)25-10-24(11-25,12-25)9-18(31)21-7-17(30)16-6-14(26)2-3-19(16)32-21/h2-3,6,8,13,15,17,21,30H,4-5,7,9-12H2,1H3/t13?,15?,17-,21+,24?,25?/m1/s1. The molecule has 2 heterocycles. The fraction of sp³-hybridized carbons (Fsp3) is 0.600. The highest BCUT2D eigenvalue weighted by Crippen LogP contribution is 2.75. The van der Waals surface area contributed by atoms with E-state index in [1.165, 1.54) is 0 Å². The van der Waals surface area contributed by atoms with E-state index in [0.717, 1.165) is 37.6 Å². The Balaban J connectivity index is 1.03. The number of aliphatic hydroxyl groups excluding tert-OH is 1. The Labute approximate surface area is 200 Å². The molecule has 2 atom stereocenters. The number of ketones is 1. The number of carbonyl (C=O) groups is 1. The zero-order valence-corrected chi connectivity index (χ0v) is 19.5. The lowest BCUT2D eigenvalue weighted by atomic mass is 9.33. The maximum atomic E-state index is 13.0. The lowest BCUT2D eigenvalue weighted by molar-refractivity contribution is -0.264. The number of halogens is 3. The summed E-state index contributed by atoms with van der Waals surface area (Å²) in [6, 6.07) is 7.02. The highest BCUT2D eigenvalue weighted by Gasteiger charge is 2.70. The number of hydrogen-bond acceptors (Lipinski definition) is 6. The van der Waals surface area contributed by atoms with Crippen LogP contribution in [-0.4, -0.2) is 34.4 Å². The van der Waals surface area contributed by atoms with Gasteiger partial charge in [-0.05, 0) is 55.7 Å². The zero-order valence-electron chi connectivity index (χ0n) is 18.7. The van der Waals surface area contributed by atoms with E-state index in [1.54, 1.807) is 18.2 Å². The molecule has 9 heteroatoms. The summed E-state index contributed by atoms with van der Waals surface area (Å²) in [5, 5.41) is 15.3. The predicted molar refractivity (Wildman–Crippen MR) is 117 cm³/mol. The van der Waals surface area contributed by atoms with Crippen molar-refractivity contribution in [3.63, 3.8) is 0 Å². The molecule has 6 nitrogen and oxygen atoms in total. The highest BCUT2D eigenvalue weighted by atomic mass is 35.5. The van der Waals surface area contributed by atoms with E-state index in [0.29, 0.717) is 35.6 Å². The first-order valence-corrected chi connectivity index (χ1v) is 12.1. The van der Waals surface area contributed by atoms with Gasteiger partial charge in [-0.25, -0.2) is 0 Å². The van der Waals surface area contributed by atoms with E-state index in [2.05, 4.69) is 5.16 Å². The summed E-state index contributed by atoms with van der Waals surface area (Å²) in [5.41, 5.74) is 1.44. The number of rotatable bonds is 7. The number of benzene rings is 1. The second-order valence-corrected chi connectivity index (χ2v) is 11.3. The van der Waals surface area contributed by atoms with Gasteiger partial charge in [0, 0.05) is 47.8 Å². The Hall–Kier alpha value is -2.03. The van der Waals surface area contributed by atoms with Gasteiger partial charge in [-0.1, -0.05) is 16.8 Å². The van der Waals surface area contributed by atoms with Crippen LogP contribution in [0.25, 0.3) is 0 Å². The van der Waals surface area contributed by atoms with E-state index in [4.69, 9.17) is 25.6 Å². The smallest absolute Gasteiger partial charge is 0.353 e. The molecular formula is C25H26ClF2NO5. The Morgan fingerprint density at radius 3 is 2.71 bits per heavy atom. The summed E-state index contributed by atoms with van der Waals surface area (Å²) in [6.45, 7) is 0.758. The first-order chi connectivity index (χ1) is 16.0. The Kier molecular flexibility index (Phi) is 4.94. The van der Waals surface area contributed by atoms with Crippen molar-refractivity contribution in [1.82, 2.24) is 5.16 Å². The number of nitrogens with zero attached hydrogens (tertiary/aromatic N) is 1. The van der Waals surface area contributed by atoms with Crippen molar-refractivity contribution in [3.8, 4) is 5.75 Å². The Morgan fingerprint density at radius 1 is 1.26 bits per heavy atom. The molecule has 7 rings (SSSR count). The van der Waals surface area contributed by atoms with Crippen LogP contribution < -0.4 is 4.74 Å². The Morgan fingerprint density at radius 2 is 2.00 bits per heavy atom. The molecule has 5 aliphatic rings. The average molecular weight is 494 g/mol. The van der Waals surface area contributed by atoms with Gasteiger partial charge in [-0.15, -0.1) is 0 Å². The van der Waals surface area contributed by atoms with Gasteiger partial charge >= 0.3 is 6.11 Å². The summed E-state index contributed by atoms with van der Waals surface area (Å²) in [4.78, 5) is 13.0. The summed E-state index contributed by atoms with van der Waals surface area (Å²) in [5.74, 6) is 1.32. The molecule has 4 saturated carbocycles. The third-order valence-electron chi connectivity index (χ3n) is 8.03. The Bertz CT molecular complexity index is 1120. The van der Waals surface area contributed by atoms with Crippen LogP contribution in [0.5, 0.6) is 5.75 Å². The van der Waals surface area contributed by atoms with E-state index < -0.39 is 24.4 Å². The van der Waals surface area contributed by atoms with Crippen LogP contribution in [0.15, 0.2) is 28.8 Å². The third kappa shape index (κ3) is 3.74. The maximum Gasteiger partial charge on any atom is 0.353 e. The van der Waals surface area contributed by atoms with Crippen LogP contribution in [0.1, 0.15) is 80.9 Å². The van der Waals surface area contributed by atoms with E-state index in [1.807, 2.05) is 6.07 Å². The molecule has 1 N–H and O–H groups in total. The van der Waals surface area contributed by atoms with Gasteiger partial charge in [0.25, 0.3) is 0 Å². The molecule has 1 aliphatic heterocycles. The first-order valence-electron chi connectivity index (χ1n) is 11.7. The van der Waals surface area contributed by atoms with Crippen molar-refractivity contribution in [3.05, 3.63) is 46.3 Å². The fourth-order valence-electron chi connectivity index (χ4n) is 6.47. The lowest BCUT2D eigenvalue weighted by Gasteiger charge is -2.70. The SMILES string of the molecule is CC(F)(F)OC1CC(c2cc(C34CC(CC(=O)[C@@H]5C[C@@H](O)c6cc(Cl)ccc6O5)(C3)C4)no2)C1. The van der Waals surface area contributed by atoms with Crippen molar-refractivity contribution in [1.29, 1.82) is 0 Å². The molecular weight excluding hydrogens is 468 g/mol. The van der Waals surface area contributed by atoms with Gasteiger partial charge in [0.2, 0.25) is 0 Å². The normalized spacial score (nSPS) is 35.9. The van der Waals surface area contributed by atoms with Gasteiger partial charge in [-0.2, -0.15) is 8.78 Å². The molecule has 0 saturated heterocycles. The predicted octanol–water partition coefficient (Wildman–Crippen LogP) is 5.47. The second-order valence-electron chi connectivity index (χ2n) is 10.8. The molecule has 4 fully saturated rings. The minimum atomic E-state index is -3.11. The number of aromatic nitrogens is 1. The molecule has 0 spiro atoms. The quantitative estimate of drug-likeness (QED) is 0.551. The molecule has 182 valence electrons. The number of alkyl halides is 2. The first kappa shape index (κ1) is 22.4. The number of ether oxygens (including phenoxy) is 2. The molecule has 0 amide bonds. The van der Waals surface area contributed by atoms with Crippen LogP contribution in [0.4, 0.5) is 8.78 Å². The van der Waals surface area contributed by atoms with Gasteiger partial charge in [0.15, 0.2) is 11.9 Å². The number of carbonyl (C=O) groups excluding carboxylic acids is 1. The van der Waals surface area contributed by atoms with Crippen molar-refractivity contribution in [2.24, 2.45) is 5.41 Å². The van der Waals surface area contributed by atoms with Gasteiger partial charge < -0.3 is 19.1 Å². The number of aliphatic hydroxyl groups is 1. The largest absolute Gasteiger partial charge is 0.482 e. The van der Waals surface area contributed by atoms with E-state index in [9.17, 15) is 18.7 Å². The van der Waals surface area contributed by atoms with Crippen LogP contribution in [0, 0.1) is 5.41 Å². The van der Waals surface area contributed by atoms with Crippen molar-refractivity contribution in [2.75, 3.05) is 0 Å². The highest BCUT2D eigenvalue weighted by molar-refractivity contribution is 6.30. The molecule has 1 aromatic carbocycles. The van der Waals surface area contributed by atoms with E-state index in [-0.39, 0.29) is 29.0 Å². The summed E-state index contributed by atoms with van der Waals surface area (Å²) in [6.07, 6.45) is -0.709. The van der Waals surface area contributed by atoms with E-state index >= 15 is 0 Å². The molecule has 2 aromatic rings. The topological polar surface area (TPSA) is 81.8 Å². The second kappa shape index (κ2) is 7.48. The zero-order chi connectivity index (χ0) is 23.9. The average Bonchev–Trinajstić information content (AvgIpc) is 3.14. The number of fused-ring (bicyclic) bond motifs is 1. The molecule has 34 heavy (non-hydrogen) atoms. The summed E-state index contributed by atoms with van der Waals surface area (Å²) < 4.78 is 42.1. The van der Waals surface area contributed by atoms with Gasteiger partial charge in [0.1, 0.15) is 11.5 Å². The van der Waals surface area contributed by atoms with Gasteiger partial charge in [0.05, 0.1) is 17.9 Å². The number of hydrogen-bond donors (Lipinski definition) is 1. The minimum absolute atomic E-state index is 0.0158. The third-order valence-corrected chi connectivity index (χ3v) is 8.26. The van der Waals surface area contributed by atoms with Crippen LogP contribution >= 0.6 is 11.6 Å². The number of Topliss-reactive ketones (excluding diaryl/α,β-unsaturated/α-hetero) is 1. The molecule has 0 radical (unpaired) electrons. The summed E-state index contributed by atoms with van der Waals surface area (Å²) >= 11 is 6.00. The van der Waals surface area contributed by atoms with Crippen molar-refractivity contribution in [2.45, 2.75) is 87.6 Å². The van der Waals surface area contributed by atoms with Gasteiger partial charge in [-0.3, -0.25) is 4.79 Å². The molecule has 1 aromatic heterocycles. The molecule has 0 unspecified atom stereocenters. The lowest BCUT2D eigenvalue weighted by Crippen LogP contribution is -2.65. The van der Waals surface area contributed by atoms with Crippen LogP contribution in [-0.2, 0) is 14.9 Å². The van der Waals surface area contributed by atoms with Crippen LogP contribution in [0.2, 0.25) is 5.02 Å². The molecule has 4 aliphatic carbocycles. The molecule has 2 bridgehead atoms. The fourth-order valence-corrected chi connectivity index (χ4v) is 6.66. The summed E-state index contributed by atoms with van der Waals surface area (Å²) in [7, 11) is 0. The monoisotopic (exact) mass is 493 g/mol. The van der Waals surface area contributed by atoms with Crippen molar-refractivity contribution >= 4 is 17.4 Å². The minimum Gasteiger partial charge on any atom is -0.482 e. The maximum absolute atomic E-state index is 13.0. The van der Waals surface area contributed by atoms with Crippen LogP contribution in [0.3, 0.4) is 0 Å².